The molecule has 0 aliphatic rings. The number of rotatable bonds is 3. The lowest BCUT2D eigenvalue weighted by atomic mass is 10.0. The van der Waals surface area contributed by atoms with Crippen LogP contribution in [0.4, 0.5) is 0 Å². The van der Waals surface area contributed by atoms with Crippen LogP contribution < -0.4 is 11.5 Å². The molecule has 68 valence electrons. The molecule has 4 heteroatoms. The van der Waals surface area contributed by atoms with Gasteiger partial charge in [-0.3, -0.25) is 0 Å². The van der Waals surface area contributed by atoms with Gasteiger partial charge in [0.15, 0.2) is 5.96 Å². The van der Waals surface area contributed by atoms with E-state index in [9.17, 15) is 0 Å². The molecule has 0 saturated heterocycles. The lowest BCUT2D eigenvalue weighted by molar-refractivity contribution is 0.0153. The van der Waals surface area contributed by atoms with E-state index in [0.717, 1.165) is 0 Å². The predicted molar refractivity (Wildman–Crippen MR) is 49.5 cm³/mol. The summed E-state index contributed by atoms with van der Waals surface area (Å²) in [5.74, 6) is 2.43. The molecule has 0 rings (SSSR count). The maximum absolute atomic E-state index is 5.23. The number of terminal acetylenes is 1. The molecule has 0 aromatic heterocycles. The first-order chi connectivity index (χ1) is 5.44. The van der Waals surface area contributed by atoms with Crippen molar-refractivity contribution in [3.63, 3.8) is 0 Å². The topological polar surface area (TPSA) is 73.6 Å². The molecule has 0 spiro atoms. The van der Waals surface area contributed by atoms with Crippen LogP contribution >= 0.6 is 0 Å². The molecule has 0 saturated carbocycles. The fourth-order valence-corrected chi connectivity index (χ4v) is 0.654. The number of nitrogens with zero attached hydrogens (tertiary/aromatic N) is 1. The van der Waals surface area contributed by atoms with E-state index in [-0.39, 0.29) is 5.96 Å². The number of hydrogen-bond acceptors (Lipinski definition) is 2. The van der Waals surface area contributed by atoms with Gasteiger partial charge in [-0.05, 0) is 13.8 Å². The summed E-state index contributed by atoms with van der Waals surface area (Å²) in [5, 5.41) is 0. The Kier molecular flexibility index (Phi) is 3.58. The Morgan fingerprint density at radius 1 is 1.58 bits per heavy atom. The van der Waals surface area contributed by atoms with Crippen molar-refractivity contribution in [2.45, 2.75) is 25.5 Å². The maximum atomic E-state index is 5.23. The van der Waals surface area contributed by atoms with Crippen LogP contribution in [0.5, 0.6) is 0 Å². The quantitative estimate of drug-likeness (QED) is 0.345. The molecule has 0 aliphatic heterocycles. The molecule has 0 aromatic carbocycles. The van der Waals surface area contributed by atoms with E-state index in [1.165, 1.54) is 0 Å². The number of methoxy groups -OCH3 is 1. The molecular formula is C8H15N3O. The molecule has 1 atom stereocenters. The monoisotopic (exact) mass is 169 g/mol. The average Bonchev–Trinajstić information content (AvgIpc) is 1.99. The second kappa shape index (κ2) is 3.98. The van der Waals surface area contributed by atoms with Gasteiger partial charge < -0.3 is 16.2 Å². The highest BCUT2D eigenvalue weighted by Gasteiger charge is 2.27. The highest BCUT2D eigenvalue weighted by Crippen LogP contribution is 2.15. The van der Waals surface area contributed by atoms with Crippen molar-refractivity contribution in [3.05, 3.63) is 0 Å². The van der Waals surface area contributed by atoms with Crippen LogP contribution in [-0.4, -0.2) is 24.7 Å². The highest BCUT2D eigenvalue weighted by atomic mass is 16.5. The van der Waals surface area contributed by atoms with E-state index >= 15 is 0 Å². The third-order valence-electron chi connectivity index (χ3n) is 1.62. The summed E-state index contributed by atoms with van der Waals surface area (Å²) in [6.45, 7) is 3.65. The zero-order chi connectivity index (χ0) is 9.78. The SMILES string of the molecule is C#CC(N=C(N)N)C(C)(C)OC. The van der Waals surface area contributed by atoms with E-state index in [2.05, 4.69) is 10.9 Å². The van der Waals surface area contributed by atoms with Crippen LogP contribution in [-0.2, 0) is 4.74 Å². The standard InChI is InChI=1S/C8H15N3O/c1-5-6(11-7(9)10)8(2,3)12-4/h1,6H,2-4H3,(H4,9,10,11). The fourth-order valence-electron chi connectivity index (χ4n) is 0.654. The lowest BCUT2D eigenvalue weighted by Crippen LogP contribution is -2.38. The summed E-state index contributed by atoms with van der Waals surface area (Å²) in [6.07, 6.45) is 5.23. The molecule has 4 N–H and O–H groups in total. The minimum Gasteiger partial charge on any atom is -0.376 e. The van der Waals surface area contributed by atoms with Gasteiger partial charge in [0, 0.05) is 7.11 Å². The third kappa shape index (κ3) is 2.81. The second-order valence-electron chi connectivity index (χ2n) is 2.93. The molecule has 0 radical (unpaired) electrons. The Labute approximate surface area is 73.0 Å². The summed E-state index contributed by atoms with van der Waals surface area (Å²) in [5.41, 5.74) is 9.85. The molecule has 12 heavy (non-hydrogen) atoms. The van der Waals surface area contributed by atoms with Crippen molar-refractivity contribution in [1.82, 2.24) is 0 Å². The van der Waals surface area contributed by atoms with Gasteiger partial charge in [0.25, 0.3) is 0 Å². The molecule has 4 nitrogen and oxygen atoms in total. The number of ether oxygens (including phenoxy) is 1. The highest BCUT2D eigenvalue weighted by molar-refractivity contribution is 5.76. The largest absolute Gasteiger partial charge is 0.376 e. The van der Waals surface area contributed by atoms with Crippen LogP contribution in [0.3, 0.4) is 0 Å². The molecule has 0 fully saturated rings. The van der Waals surface area contributed by atoms with E-state index in [4.69, 9.17) is 22.6 Å². The van der Waals surface area contributed by atoms with Gasteiger partial charge >= 0.3 is 0 Å². The smallest absolute Gasteiger partial charge is 0.187 e. The van der Waals surface area contributed by atoms with Gasteiger partial charge in [-0.1, -0.05) is 5.92 Å². The lowest BCUT2D eigenvalue weighted by Gasteiger charge is -2.26. The maximum Gasteiger partial charge on any atom is 0.187 e. The molecule has 0 aliphatic carbocycles. The van der Waals surface area contributed by atoms with E-state index in [0.29, 0.717) is 0 Å². The van der Waals surface area contributed by atoms with Gasteiger partial charge in [0.2, 0.25) is 0 Å². The zero-order valence-electron chi connectivity index (χ0n) is 7.66. The van der Waals surface area contributed by atoms with Crippen molar-refractivity contribution < 1.29 is 4.74 Å². The van der Waals surface area contributed by atoms with Crippen molar-refractivity contribution >= 4 is 5.96 Å². The van der Waals surface area contributed by atoms with Gasteiger partial charge in [-0.2, -0.15) is 0 Å². The molecule has 0 aromatic rings. The van der Waals surface area contributed by atoms with Crippen molar-refractivity contribution in [1.29, 1.82) is 0 Å². The summed E-state index contributed by atoms with van der Waals surface area (Å²) < 4.78 is 5.13. The second-order valence-corrected chi connectivity index (χ2v) is 2.93. The number of nitrogens with two attached hydrogens (primary N) is 2. The Bertz CT molecular complexity index is 211. The van der Waals surface area contributed by atoms with Crippen LogP contribution in [0.25, 0.3) is 0 Å². The predicted octanol–water partition coefficient (Wildman–Crippen LogP) is -0.313. The molecule has 1 unspecified atom stereocenters. The molecular weight excluding hydrogens is 154 g/mol. The van der Waals surface area contributed by atoms with Crippen molar-refractivity contribution in [2.24, 2.45) is 16.5 Å². The molecule has 0 heterocycles. The fraction of sp³-hybridized carbons (Fsp3) is 0.625. The van der Waals surface area contributed by atoms with Gasteiger partial charge in [-0.15, -0.1) is 6.42 Å². The van der Waals surface area contributed by atoms with Gasteiger partial charge in [0.05, 0.1) is 5.60 Å². The first kappa shape index (κ1) is 10.8. The molecule has 0 bridgehead atoms. The number of guanidine groups is 1. The van der Waals surface area contributed by atoms with Crippen LogP contribution in [0.2, 0.25) is 0 Å². The number of aliphatic imine (C=N–C) groups is 1. The van der Waals surface area contributed by atoms with Crippen molar-refractivity contribution in [2.75, 3.05) is 7.11 Å². The normalized spacial score (nSPS) is 13.2. The average molecular weight is 169 g/mol. The summed E-state index contributed by atoms with van der Waals surface area (Å²) in [7, 11) is 1.56. The third-order valence-corrected chi connectivity index (χ3v) is 1.62. The first-order valence-electron chi connectivity index (χ1n) is 3.54. The minimum atomic E-state index is -0.543. The molecule has 0 amide bonds. The first-order valence-corrected chi connectivity index (χ1v) is 3.54. The van der Waals surface area contributed by atoms with E-state index in [1.807, 2.05) is 13.8 Å². The van der Waals surface area contributed by atoms with Gasteiger partial charge in [0.1, 0.15) is 6.04 Å². The summed E-state index contributed by atoms with van der Waals surface area (Å²) in [6, 6.07) is -0.451. The Morgan fingerprint density at radius 2 is 2.08 bits per heavy atom. The minimum absolute atomic E-state index is 0.0249. The van der Waals surface area contributed by atoms with E-state index < -0.39 is 11.6 Å². The Balaban J connectivity index is 4.60. The van der Waals surface area contributed by atoms with Crippen molar-refractivity contribution in [3.8, 4) is 12.3 Å². The summed E-state index contributed by atoms with van der Waals surface area (Å²) >= 11 is 0. The van der Waals surface area contributed by atoms with E-state index in [1.54, 1.807) is 7.11 Å². The Morgan fingerprint density at radius 3 is 2.33 bits per heavy atom. The van der Waals surface area contributed by atoms with Crippen LogP contribution in [0.15, 0.2) is 4.99 Å². The summed E-state index contributed by atoms with van der Waals surface area (Å²) in [4.78, 5) is 3.85. The number of hydrogen-bond donors (Lipinski definition) is 2. The van der Waals surface area contributed by atoms with Gasteiger partial charge in [-0.25, -0.2) is 4.99 Å². The zero-order valence-corrected chi connectivity index (χ0v) is 7.66. The Hall–Kier alpha value is -1.21. The van der Waals surface area contributed by atoms with Crippen LogP contribution in [0, 0.1) is 12.3 Å². The van der Waals surface area contributed by atoms with Crippen LogP contribution in [0.1, 0.15) is 13.8 Å².